The molecule has 1 unspecified atom stereocenters. The molecule has 0 bridgehead atoms. The van der Waals surface area contributed by atoms with Crippen molar-refractivity contribution in [3.63, 3.8) is 0 Å². The Kier molecular flexibility index (Phi) is 4.04. The SMILES string of the molecule is Cc1cnn(C)c1C1CNCCN1C(=O)OC(C)(C)C. The zero-order valence-corrected chi connectivity index (χ0v) is 12.9. The molecule has 0 radical (unpaired) electrons. The van der Waals surface area contributed by atoms with Gasteiger partial charge in [-0.05, 0) is 33.3 Å². The molecule has 1 aromatic heterocycles. The summed E-state index contributed by atoms with van der Waals surface area (Å²) in [6, 6.07) is -0.0360. The van der Waals surface area contributed by atoms with Gasteiger partial charge in [-0.1, -0.05) is 0 Å². The van der Waals surface area contributed by atoms with E-state index in [1.807, 2.05) is 45.6 Å². The number of carbonyl (C=O) groups excluding carboxylic acids is 1. The van der Waals surface area contributed by atoms with Crippen LogP contribution in [0.4, 0.5) is 4.79 Å². The Labute approximate surface area is 120 Å². The second-order valence-corrected chi connectivity index (χ2v) is 6.23. The molecule has 6 nitrogen and oxygen atoms in total. The third-order valence-corrected chi connectivity index (χ3v) is 3.36. The number of aryl methyl sites for hydroxylation is 2. The van der Waals surface area contributed by atoms with Crippen molar-refractivity contribution in [3.8, 4) is 0 Å². The summed E-state index contributed by atoms with van der Waals surface area (Å²) in [6.07, 6.45) is 1.57. The topological polar surface area (TPSA) is 59.4 Å². The van der Waals surface area contributed by atoms with E-state index >= 15 is 0 Å². The van der Waals surface area contributed by atoms with E-state index in [2.05, 4.69) is 10.4 Å². The zero-order chi connectivity index (χ0) is 14.9. The van der Waals surface area contributed by atoms with Gasteiger partial charge in [0.15, 0.2) is 0 Å². The summed E-state index contributed by atoms with van der Waals surface area (Å²) in [6.45, 7) is 9.83. The molecule has 1 N–H and O–H groups in total. The number of nitrogens with zero attached hydrogens (tertiary/aromatic N) is 3. The quantitative estimate of drug-likeness (QED) is 0.849. The predicted octanol–water partition coefficient (Wildman–Crippen LogP) is 1.61. The lowest BCUT2D eigenvalue weighted by Crippen LogP contribution is -2.50. The molecule has 1 aromatic rings. The van der Waals surface area contributed by atoms with Gasteiger partial charge in [-0.15, -0.1) is 0 Å². The van der Waals surface area contributed by atoms with E-state index < -0.39 is 5.60 Å². The summed E-state index contributed by atoms with van der Waals surface area (Å²) < 4.78 is 7.35. The normalized spacial score (nSPS) is 20.1. The molecule has 0 aliphatic carbocycles. The van der Waals surface area contributed by atoms with Crippen LogP contribution in [-0.2, 0) is 11.8 Å². The highest BCUT2D eigenvalue weighted by Crippen LogP contribution is 2.26. The van der Waals surface area contributed by atoms with Crippen LogP contribution in [0.15, 0.2) is 6.20 Å². The van der Waals surface area contributed by atoms with Crippen molar-refractivity contribution in [1.82, 2.24) is 20.0 Å². The Bertz CT molecular complexity index is 470. The Morgan fingerprint density at radius 3 is 2.75 bits per heavy atom. The highest BCUT2D eigenvalue weighted by molar-refractivity contribution is 5.69. The van der Waals surface area contributed by atoms with Crippen LogP contribution >= 0.6 is 0 Å². The molecule has 0 spiro atoms. The monoisotopic (exact) mass is 280 g/mol. The van der Waals surface area contributed by atoms with E-state index in [1.165, 1.54) is 0 Å². The van der Waals surface area contributed by atoms with E-state index in [0.29, 0.717) is 6.54 Å². The van der Waals surface area contributed by atoms with Gasteiger partial charge in [0.25, 0.3) is 0 Å². The fraction of sp³-hybridized carbons (Fsp3) is 0.714. The average Bonchev–Trinajstić information content (AvgIpc) is 2.67. The van der Waals surface area contributed by atoms with Crippen LogP contribution in [0.2, 0.25) is 0 Å². The Morgan fingerprint density at radius 1 is 1.50 bits per heavy atom. The van der Waals surface area contributed by atoms with E-state index in [-0.39, 0.29) is 12.1 Å². The summed E-state index contributed by atoms with van der Waals surface area (Å²) in [7, 11) is 1.91. The number of amides is 1. The van der Waals surface area contributed by atoms with Crippen molar-refractivity contribution in [3.05, 3.63) is 17.5 Å². The lowest BCUT2D eigenvalue weighted by molar-refractivity contribution is 0.0109. The third kappa shape index (κ3) is 3.12. The molecular formula is C14H24N4O2. The van der Waals surface area contributed by atoms with Gasteiger partial charge in [0, 0.05) is 26.7 Å². The summed E-state index contributed by atoms with van der Waals surface area (Å²) >= 11 is 0. The van der Waals surface area contributed by atoms with Crippen molar-refractivity contribution in [2.75, 3.05) is 19.6 Å². The number of carbonyl (C=O) groups is 1. The van der Waals surface area contributed by atoms with Gasteiger partial charge in [0.05, 0.1) is 17.9 Å². The maximum Gasteiger partial charge on any atom is 0.410 e. The number of hydrogen-bond acceptors (Lipinski definition) is 4. The molecule has 1 aliphatic heterocycles. The maximum atomic E-state index is 12.4. The lowest BCUT2D eigenvalue weighted by Gasteiger charge is -2.37. The zero-order valence-electron chi connectivity index (χ0n) is 12.9. The van der Waals surface area contributed by atoms with E-state index in [9.17, 15) is 4.79 Å². The molecule has 1 fully saturated rings. The van der Waals surface area contributed by atoms with Crippen LogP contribution in [0, 0.1) is 6.92 Å². The van der Waals surface area contributed by atoms with Gasteiger partial charge in [0.2, 0.25) is 0 Å². The van der Waals surface area contributed by atoms with Crippen molar-refractivity contribution in [2.24, 2.45) is 7.05 Å². The Balaban J connectivity index is 2.24. The smallest absolute Gasteiger partial charge is 0.410 e. The fourth-order valence-corrected chi connectivity index (χ4v) is 2.52. The standard InChI is InChI=1S/C14H24N4O2/c1-10-8-16-17(5)12(10)11-9-15-6-7-18(11)13(19)20-14(2,3)4/h8,11,15H,6-7,9H2,1-5H3. The van der Waals surface area contributed by atoms with Crippen molar-refractivity contribution in [1.29, 1.82) is 0 Å². The molecule has 1 aliphatic rings. The predicted molar refractivity (Wildman–Crippen MR) is 76.5 cm³/mol. The molecule has 0 saturated carbocycles. The molecule has 1 amide bonds. The second kappa shape index (κ2) is 5.44. The molecule has 0 aromatic carbocycles. The van der Waals surface area contributed by atoms with E-state index in [1.54, 1.807) is 4.90 Å². The summed E-state index contributed by atoms with van der Waals surface area (Å²) in [5, 5.41) is 7.60. The van der Waals surface area contributed by atoms with Crippen molar-refractivity contribution < 1.29 is 9.53 Å². The van der Waals surface area contributed by atoms with Crippen LogP contribution in [0.5, 0.6) is 0 Å². The minimum atomic E-state index is -0.478. The third-order valence-electron chi connectivity index (χ3n) is 3.36. The largest absolute Gasteiger partial charge is 0.444 e. The minimum absolute atomic E-state index is 0.0360. The molecule has 20 heavy (non-hydrogen) atoms. The summed E-state index contributed by atoms with van der Waals surface area (Å²) in [4.78, 5) is 14.2. The van der Waals surface area contributed by atoms with Gasteiger partial charge in [-0.3, -0.25) is 9.58 Å². The second-order valence-electron chi connectivity index (χ2n) is 6.23. The molecule has 6 heteroatoms. The molecule has 2 rings (SSSR count). The molecule has 1 saturated heterocycles. The fourth-order valence-electron chi connectivity index (χ4n) is 2.52. The first-order chi connectivity index (χ1) is 9.29. The van der Waals surface area contributed by atoms with Gasteiger partial charge < -0.3 is 10.1 Å². The Hall–Kier alpha value is -1.56. The average molecular weight is 280 g/mol. The lowest BCUT2D eigenvalue weighted by atomic mass is 10.1. The molecule has 1 atom stereocenters. The number of aromatic nitrogens is 2. The Morgan fingerprint density at radius 2 is 2.20 bits per heavy atom. The van der Waals surface area contributed by atoms with Gasteiger partial charge in [-0.2, -0.15) is 5.10 Å². The number of hydrogen-bond donors (Lipinski definition) is 1. The number of nitrogens with one attached hydrogen (secondary N) is 1. The van der Waals surface area contributed by atoms with Gasteiger partial charge in [0.1, 0.15) is 5.60 Å². The number of ether oxygens (including phenoxy) is 1. The van der Waals surface area contributed by atoms with Crippen LogP contribution < -0.4 is 5.32 Å². The first-order valence-corrected chi connectivity index (χ1v) is 6.98. The molecule has 2 heterocycles. The van der Waals surface area contributed by atoms with E-state index in [0.717, 1.165) is 24.3 Å². The van der Waals surface area contributed by atoms with Gasteiger partial charge in [-0.25, -0.2) is 4.79 Å². The van der Waals surface area contributed by atoms with Crippen LogP contribution in [0.1, 0.15) is 38.1 Å². The minimum Gasteiger partial charge on any atom is -0.444 e. The highest BCUT2D eigenvalue weighted by Gasteiger charge is 2.33. The maximum absolute atomic E-state index is 12.4. The number of piperazine rings is 1. The first-order valence-electron chi connectivity index (χ1n) is 6.98. The molecular weight excluding hydrogens is 256 g/mol. The van der Waals surface area contributed by atoms with Crippen molar-refractivity contribution in [2.45, 2.75) is 39.3 Å². The van der Waals surface area contributed by atoms with Crippen LogP contribution in [0.3, 0.4) is 0 Å². The summed E-state index contributed by atoms with van der Waals surface area (Å²) in [5.41, 5.74) is 1.67. The van der Waals surface area contributed by atoms with Crippen molar-refractivity contribution >= 4 is 6.09 Å². The van der Waals surface area contributed by atoms with Crippen LogP contribution in [0.25, 0.3) is 0 Å². The highest BCUT2D eigenvalue weighted by atomic mass is 16.6. The van der Waals surface area contributed by atoms with Gasteiger partial charge >= 0.3 is 6.09 Å². The summed E-state index contributed by atoms with van der Waals surface area (Å²) in [5.74, 6) is 0. The van der Waals surface area contributed by atoms with E-state index in [4.69, 9.17) is 4.74 Å². The number of rotatable bonds is 1. The first kappa shape index (κ1) is 14.8. The molecule has 112 valence electrons. The van der Waals surface area contributed by atoms with Crippen LogP contribution in [-0.4, -0.2) is 46.0 Å².